The van der Waals surface area contributed by atoms with Crippen LogP contribution in [-0.2, 0) is 31.8 Å². The molecule has 0 heterocycles. The Kier molecular flexibility index (Phi) is 13.5. The SMILES string of the molecule is CCOC(Cc1ccc(OCCN(CCOCC(F)(F)CC)C(=O)OCCc2ccccc2)cc1)C(=O)O. The minimum absolute atomic E-state index is 0.0668. The van der Waals surface area contributed by atoms with Crippen molar-refractivity contribution < 1.29 is 42.4 Å². The van der Waals surface area contributed by atoms with Gasteiger partial charge in [0.15, 0.2) is 6.10 Å². The van der Waals surface area contributed by atoms with Gasteiger partial charge in [0.05, 0.1) is 19.8 Å². The fourth-order valence-electron chi connectivity index (χ4n) is 3.41. The van der Waals surface area contributed by atoms with Crippen LogP contribution in [0.1, 0.15) is 31.4 Å². The Bertz CT molecular complexity index is 957. The Morgan fingerprint density at radius 3 is 2.26 bits per heavy atom. The van der Waals surface area contributed by atoms with Gasteiger partial charge < -0.3 is 29.0 Å². The van der Waals surface area contributed by atoms with E-state index in [0.717, 1.165) is 11.1 Å². The van der Waals surface area contributed by atoms with E-state index in [2.05, 4.69) is 0 Å². The molecule has 2 aromatic carbocycles. The number of hydrogen-bond acceptors (Lipinski definition) is 6. The smallest absolute Gasteiger partial charge is 0.409 e. The van der Waals surface area contributed by atoms with E-state index in [0.29, 0.717) is 18.8 Å². The second kappa shape index (κ2) is 16.6. The van der Waals surface area contributed by atoms with Crippen LogP contribution in [-0.4, -0.2) is 80.2 Å². The molecule has 1 unspecified atom stereocenters. The molecule has 0 bridgehead atoms. The first kappa shape index (κ1) is 31.0. The van der Waals surface area contributed by atoms with Gasteiger partial charge in [-0.05, 0) is 30.2 Å². The summed E-state index contributed by atoms with van der Waals surface area (Å²) in [4.78, 5) is 25.3. The number of nitrogens with zero attached hydrogens (tertiary/aromatic N) is 1. The van der Waals surface area contributed by atoms with Crippen molar-refractivity contribution in [2.45, 2.75) is 45.1 Å². The van der Waals surface area contributed by atoms with E-state index < -0.39 is 30.7 Å². The third-order valence-corrected chi connectivity index (χ3v) is 5.67. The number of carboxylic acids is 1. The number of carbonyl (C=O) groups excluding carboxylic acids is 1. The Morgan fingerprint density at radius 1 is 0.947 bits per heavy atom. The van der Waals surface area contributed by atoms with Crippen molar-refractivity contribution in [3.05, 3.63) is 65.7 Å². The summed E-state index contributed by atoms with van der Waals surface area (Å²) in [5.41, 5.74) is 1.81. The first-order valence-corrected chi connectivity index (χ1v) is 12.7. The molecule has 0 fully saturated rings. The Hall–Kier alpha value is -3.24. The van der Waals surface area contributed by atoms with Crippen molar-refractivity contribution in [1.82, 2.24) is 4.90 Å². The van der Waals surface area contributed by atoms with Crippen LogP contribution in [0.2, 0.25) is 0 Å². The maximum Gasteiger partial charge on any atom is 0.409 e. The molecule has 0 aromatic heterocycles. The summed E-state index contributed by atoms with van der Waals surface area (Å²) in [6, 6.07) is 16.5. The lowest BCUT2D eigenvalue weighted by Crippen LogP contribution is -2.38. The van der Waals surface area contributed by atoms with Crippen LogP contribution >= 0.6 is 0 Å². The van der Waals surface area contributed by atoms with Crippen molar-refractivity contribution in [2.75, 3.05) is 46.1 Å². The van der Waals surface area contributed by atoms with E-state index in [1.54, 1.807) is 31.2 Å². The largest absolute Gasteiger partial charge is 0.492 e. The van der Waals surface area contributed by atoms with Gasteiger partial charge in [0.2, 0.25) is 0 Å². The zero-order valence-corrected chi connectivity index (χ0v) is 21.9. The summed E-state index contributed by atoms with van der Waals surface area (Å²) in [7, 11) is 0. The summed E-state index contributed by atoms with van der Waals surface area (Å²) >= 11 is 0. The molecule has 210 valence electrons. The number of carbonyl (C=O) groups is 2. The number of ether oxygens (including phenoxy) is 4. The normalized spacial score (nSPS) is 12.1. The van der Waals surface area contributed by atoms with Gasteiger partial charge >= 0.3 is 12.1 Å². The van der Waals surface area contributed by atoms with Crippen LogP contribution in [0.25, 0.3) is 0 Å². The number of benzene rings is 2. The van der Waals surface area contributed by atoms with Crippen molar-refractivity contribution in [2.24, 2.45) is 0 Å². The zero-order valence-electron chi connectivity index (χ0n) is 21.9. The Labute approximate surface area is 222 Å². The van der Waals surface area contributed by atoms with Gasteiger partial charge in [-0.25, -0.2) is 18.4 Å². The molecule has 1 amide bonds. The topological polar surface area (TPSA) is 94.5 Å². The molecular weight excluding hydrogens is 500 g/mol. The summed E-state index contributed by atoms with van der Waals surface area (Å²) in [5, 5.41) is 9.24. The van der Waals surface area contributed by atoms with Gasteiger partial charge in [0.1, 0.15) is 19.0 Å². The highest BCUT2D eigenvalue weighted by atomic mass is 19.3. The standard InChI is InChI=1S/C28H37F2NO7/c1-3-28(29,30)21-35-18-15-31(27(34)38-17-14-22-8-6-5-7-9-22)16-19-37-24-12-10-23(11-13-24)20-25(26(32)33)36-4-2/h5-13,25H,3-4,14-21H2,1-2H3,(H,32,33). The highest BCUT2D eigenvalue weighted by Gasteiger charge is 2.26. The minimum atomic E-state index is -2.91. The fourth-order valence-corrected chi connectivity index (χ4v) is 3.41. The summed E-state index contributed by atoms with van der Waals surface area (Å²) in [6.45, 7) is 3.18. The van der Waals surface area contributed by atoms with Crippen molar-refractivity contribution in [1.29, 1.82) is 0 Å². The van der Waals surface area contributed by atoms with Crippen LogP contribution in [0.4, 0.5) is 13.6 Å². The maximum atomic E-state index is 13.4. The lowest BCUT2D eigenvalue weighted by molar-refractivity contribution is -0.149. The Balaban J connectivity index is 1.87. The van der Waals surface area contributed by atoms with Crippen LogP contribution < -0.4 is 4.74 Å². The van der Waals surface area contributed by atoms with Gasteiger partial charge in [0, 0.05) is 32.4 Å². The maximum absolute atomic E-state index is 13.4. The molecule has 0 aliphatic rings. The molecule has 2 aromatic rings. The molecule has 8 nitrogen and oxygen atoms in total. The highest BCUT2D eigenvalue weighted by molar-refractivity contribution is 5.72. The first-order valence-electron chi connectivity index (χ1n) is 12.7. The zero-order chi connectivity index (χ0) is 27.8. The molecule has 10 heteroatoms. The number of aliphatic carboxylic acids is 1. The lowest BCUT2D eigenvalue weighted by atomic mass is 10.1. The number of carboxylic acid groups (broad SMARTS) is 1. The van der Waals surface area contributed by atoms with E-state index >= 15 is 0 Å². The molecule has 1 atom stereocenters. The fraction of sp³-hybridized carbons (Fsp3) is 0.500. The van der Waals surface area contributed by atoms with Crippen molar-refractivity contribution in [3.8, 4) is 5.75 Å². The monoisotopic (exact) mass is 537 g/mol. The molecule has 0 saturated carbocycles. The van der Waals surface area contributed by atoms with Gasteiger partial charge in [-0.15, -0.1) is 0 Å². The molecule has 0 spiro atoms. The number of amides is 1. The molecule has 0 radical (unpaired) electrons. The van der Waals surface area contributed by atoms with E-state index in [1.807, 2.05) is 30.3 Å². The number of alkyl halides is 2. The first-order chi connectivity index (χ1) is 18.2. The summed E-state index contributed by atoms with van der Waals surface area (Å²) in [5.74, 6) is -3.40. The van der Waals surface area contributed by atoms with E-state index in [9.17, 15) is 23.5 Å². The molecule has 0 aliphatic heterocycles. The van der Waals surface area contributed by atoms with Gasteiger partial charge in [-0.1, -0.05) is 49.4 Å². The van der Waals surface area contributed by atoms with E-state index in [1.165, 1.54) is 11.8 Å². The average Bonchev–Trinajstić information content (AvgIpc) is 2.91. The molecule has 0 aliphatic carbocycles. The van der Waals surface area contributed by atoms with E-state index in [4.69, 9.17) is 18.9 Å². The molecular formula is C28H37F2NO7. The lowest BCUT2D eigenvalue weighted by Gasteiger charge is -2.23. The van der Waals surface area contributed by atoms with Gasteiger partial charge in [0.25, 0.3) is 5.92 Å². The van der Waals surface area contributed by atoms with Crippen LogP contribution in [0.3, 0.4) is 0 Å². The van der Waals surface area contributed by atoms with Crippen LogP contribution in [0, 0.1) is 0 Å². The average molecular weight is 538 g/mol. The second-order valence-electron chi connectivity index (χ2n) is 8.58. The third kappa shape index (κ3) is 11.9. The van der Waals surface area contributed by atoms with Crippen LogP contribution in [0.5, 0.6) is 5.75 Å². The van der Waals surface area contributed by atoms with Crippen LogP contribution in [0.15, 0.2) is 54.6 Å². The molecule has 2 rings (SSSR count). The Morgan fingerprint density at radius 2 is 1.63 bits per heavy atom. The predicted octanol–water partition coefficient (Wildman–Crippen LogP) is 4.84. The van der Waals surface area contributed by atoms with Gasteiger partial charge in [-0.2, -0.15) is 0 Å². The highest BCUT2D eigenvalue weighted by Crippen LogP contribution is 2.18. The molecule has 38 heavy (non-hydrogen) atoms. The number of halogens is 2. The van der Waals surface area contributed by atoms with Gasteiger partial charge in [-0.3, -0.25) is 0 Å². The van der Waals surface area contributed by atoms with Crippen molar-refractivity contribution >= 4 is 12.1 Å². The van der Waals surface area contributed by atoms with E-state index in [-0.39, 0.29) is 45.8 Å². The molecule has 1 N–H and O–H groups in total. The second-order valence-corrected chi connectivity index (χ2v) is 8.58. The predicted molar refractivity (Wildman–Crippen MR) is 138 cm³/mol. The third-order valence-electron chi connectivity index (χ3n) is 5.67. The summed E-state index contributed by atoms with van der Waals surface area (Å²) < 4.78 is 48.3. The quantitative estimate of drug-likeness (QED) is 0.272. The van der Waals surface area contributed by atoms with Crippen molar-refractivity contribution in [3.63, 3.8) is 0 Å². The number of hydrogen-bond donors (Lipinski definition) is 1. The number of rotatable bonds is 18. The minimum Gasteiger partial charge on any atom is -0.492 e. The summed E-state index contributed by atoms with van der Waals surface area (Å²) in [6.07, 6.45) is -1.06. The molecule has 0 saturated heterocycles.